The van der Waals surface area contributed by atoms with E-state index in [1.165, 1.54) is 12.8 Å². The van der Waals surface area contributed by atoms with Crippen molar-refractivity contribution in [3.63, 3.8) is 0 Å². The summed E-state index contributed by atoms with van der Waals surface area (Å²) in [7, 11) is 0. The Labute approximate surface area is 125 Å². The third-order valence-corrected chi connectivity index (χ3v) is 4.40. The van der Waals surface area contributed by atoms with Crippen LogP contribution in [0.15, 0.2) is 0 Å². The van der Waals surface area contributed by atoms with Crippen LogP contribution in [0.1, 0.15) is 39.0 Å². The lowest BCUT2D eigenvalue weighted by Gasteiger charge is -2.41. The van der Waals surface area contributed by atoms with Crippen LogP contribution in [0.5, 0.6) is 0 Å². The van der Waals surface area contributed by atoms with Gasteiger partial charge < -0.3 is 10.1 Å². The Morgan fingerprint density at radius 1 is 1.24 bits per heavy atom. The molecular formula is C15H27F3N2O. The predicted molar refractivity (Wildman–Crippen MR) is 76.3 cm³/mol. The van der Waals surface area contributed by atoms with Crippen molar-refractivity contribution in [2.45, 2.75) is 51.2 Å². The monoisotopic (exact) mass is 308 g/mol. The maximum atomic E-state index is 12.8. The van der Waals surface area contributed by atoms with Gasteiger partial charge in [-0.15, -0.1) is 0 Å². The highest BCUT2D eigenvalue weighted by atomic mass is 19.4. The number of nitrogens with one attached hydrogen (secondary N) is 1. The SMILES string of the molecule is CCCN(CC(F)(F)F)CC1(CNC2CC2)CCOCC1. The van der Waals surface area contributed by atoms with Crippen LogP contribution in [-0.2, 0) is 4.74 Å². The molecule has 2 fully saturated rings. The first-order chi connectivity index (χ1) is 9.92. The molecule has 0 atom stereocenters. The molecule has 0 amide bonds. The number of alkyl halides is 3. The lowest BCUT2D eigenvalue weighted by molar-refractivity contribution is -0.151. The van der Waals surface area contributed by atoms with E-state index in [0.717, 1.165) is 25.8 Å². The van der Waals surface area contributed by atoms with Gasteiger partial charge in [0.15, 0.2) is 0 Å². The first-order valence-electron chi connectivity index (χ1n) is 8.03. The normalized spacial score (nSPS) is 22.7. The molecule has 0 bridgehead atoms. The van der Waals surface area contributed by atoms with Gasteiger partial charge in [0, 0.05) is 32.3 Å². The number of rotatable bonds is 8. The molecule has 1 aliphatic carbocycles. The molecule has 1 saturated carbocycles. The van der Waals surface area contributed by atoms with Gasteiger partial charge in [-0.3, -0.25) is 4.90 Å². The Hall–Kier alpha value is -0.330. The molecule has 1 N–H and O–H groups in total. The number of halogens is 3. The predicted octanol–water partition coefficient (Wildman–Crippen LogP) is 2.81. The summed E-state index contributed by atoms with van der Waals surface area (Å²) in [4.78, 5) is 1.58. The fourth-order valence-electron chi connectivity index (χ4n) is 3.10. The topological polar surface area (TPSA) is 24.5 Å². The first-order valence-corrected chi connectivity index (χ1v) is 8.03. The average molecular weight is 308 g/mol. The Bertz CT molecular complexity index is 313. The van der Waals surface area contributed by atoms with Gasteiger partial charge in [-0.25, -0.2) is 0 Å². The van der Waals surface area contributed by atoms with Gasteiger partial charge in [0.25, 0.3) is 0 Å². The van der Waals surface area contributed by atoms with E-state index < -0.39 is 12.7 Å². The molecule has 21 heavy (non-hydrogen) atoms. The third-order valence-electron chi connectivity index (χ3n) is 4.40. The second-order valence-corrected chi connectivity index (χ2v) is 6.59. The van der Waals surface area contributed by atoms with Crippen molar-refractivity contribution in [2.24, 2.45) is 5.41 Å². The van der Waals surface area contributed by atoms with Gasteiger partial charge in [-0.05, 0) is 44.1 Å². The summed E-state index contributed by atoms with van der Waals surface area (Å²) in [5, 5.41) is 3.51. The minimum Gasteiger partial charge on any atom is -0.381 e. The molecule has 3 nitrogen and oxygen atoms in total. The van der Waals surface area contributed by atoms with E-state index in [0.29, 0.717) is 32.3 Å². The van der Waals surface area contributed by atoms with Crippen LogP contribution in [0.4, 0.5) is 13.2 Å². The molecule has 0 aromatic rings. The zero-order chi connectivity index (χ0) is 15.3. The summed E-state index contributed by atoms with van der Waals surface area (Å²) in [5.41, 5.74) is -0.0682. The maximum absolute atomic E-state index is 12.8. The molecule has 1 heterocycles. The molecule has 2 aliphatic rings. The summed E-state index contributed by atoms with van der Waals surface area (Å²) in [5.74, 6) is 0. The molecule has 0 unspecified atom stereocenters. The second kappa shape index (κ2) is 7.29. The van der Waals surface area contributed by atoms with Crippen molar-refractivity contribution in [1.82, 2.24) is 10.2 Å². The van der Waals surface area contributed by atoms with Gasteiger partial charge in [-0.1, -0.05) is 6.92 Å². The minimum absolute atomic E-state index is 0.0682. The first kappa shape index (κ1) is 17.0. The van der Waals surface area contributed by atoms with Crippen molar-refractivity contribution >= 4 is 0 Å². The van der Waals surface area contributed by atoms with Crippen LogP contribution in [0, 0.1) is 5.41 Å². The van der Waals surface area contributed by atoms with E-state index >= 15 is 0 Å². The molecular weight excluding hydrogens is 281 g/mol. The van der Waals surface area contributed by atoms with E-state index in [9.17, 15) is 13.2 Å². The molecule has 2 rings (SSSR count). The summed E-state index contributed by atoms with van der Waals surface area (Å²) in [6, 6.07) is 0.590. The molecule has 0 spiro atoms. The van der Waals surface area contributed by atoms with Crippen molar-refractivity contribution in [3.05, 3.63) is 0 Å². The zero-order valence-corrected chi connectivity index (χ0v) is 12.8. The van der Waals surface area contributed by atoms with Gasteiger partial charge >= 0.3 is 6.18 Å². The lowest BCUT2D eigenvalue weighted by Crippen LogP contribution is -2.49. The van der Waals surface area contributed by atoms with Crippen LogP contribution < -0.4 is 5.32 Å². The fourth-order valence-corrected chi connectivity index (χ4v) is 3.10. The number of ether oxygens (including phenoxy) is 1. The number of nitrogens with zero attached hydrogens (tertiary/aromatic N) is 1. The number of hydrogen-bond donors (Lipinski definition) is 1. The minimum atomic E-state index is -4.12. The zero-order valence-electron chi connectivity index (χ0n) is 12.8. The van der Waals surface area contributed by atoms with E-state index in [1.54, 1.807) is 4.90 Å². The van der Waals surface area contributed by atoms with Crippen LogP contribution in [-0.4, -0.2) is 56.5 Å². The second-order valence-electron chi connectivity index (χ2n) is 6.59. The molecule has 1 aliphatic heterocycles. The highest BCUT2D eigenvalue weighted by Gasteiger charge is 2.39. The van der Waals surface area contributed by atoms with Gasteiger partial charge in [-0.2, -0.15) is 13.2 Å². The molecule has 6 heteroatoms. The van der Waals surface area contributed by atoms with Crippen LogP contribution in [0.2, 0.25) is 0 Å². The summed E-state index contributed by atoms with van der Waals surface area (Å²) >= 11 is 0. The summed E-state index contributed by atoms with van der Waals surface area (Å²) < 4.78 is 43.7. The van der Waals surface area contributed by atoms with Crippen LogP contribution in [0.25, 0.3) is 0 Å². The Morgan fingerprint density at radius 2 is 1.90 bits per heavy atom. The van der Waals surface area contributed by atoms with Crippen molar-refractivity contribution < 1.29 is 17.9 Å². The Morgan fingerprint density at radius 3 is 2.43 bits per heavy atom. The molecule has 0 radical (unpaired) electrons. The Kier molecular flexibility index (Phi) is 5.91. The van der Waals surface area contributed by atoms with Crippen molar-refractivity contribution in [1.29, 1.82) is 0 Å². The summed E-state index contributed by atoms with van der Waals surface area (Å²) in [6.07, 6.45) is 0.737. The largest absolute Gasteiger partial charge is 0.401 e. The summed E-state index contributed by atoms with van der Waals surface area (Å²) in [6.45, 7) is 4.31. The van der Waals surface area contributed by atoms with Gasteiger partial charge in [0.1, 0.15) is 0 Å². The Balaban J connectivity index is 1.95. The van der Waals surface area contributed by atoms with E-state index in [4.69, 9.17) is 4.74 Å². The maximum Gasteiger partial charge on any atom is 0.401 e. The lowest BCUT2D eigenvalue weighted by atomic mass is 9.79. The van der Waals surface area contributed by atoms with Crippen molar-refractivity contribution in [2.75, 3.05) is 39.4 Å². The van der Waals surface area contributed by atoms with E-state index in [2.05, 4.69) is 5.32 Å². The standard InChI is InChI=1S/C15H27F3N2O/c1-2-7-20(12-15(16,17)18)11-14(5-8-21-9-6-14)10-19-13-3-4-13/h13,19H,2-12H2,1H3. The van der Waals surface area contributed by atoms with Gasteiger partial charge in [0.2, 0.25) is 0 Å². The number of hydrogen-bond acceptors (Lipinski definition) is 3. The van der Waals surface area contributed by atoms with E-state index in [1.807, 2.05) is 6.92 Å². The van der Waals surface area contributed by atoms with Crippen LogP contribution in [0.3, 0.4) is 0 Å². The quantitative estimate of drug-likeness (QED) is 0.746. The van der Waals surface area contributed by atoms with E-state index in [-0.39, 0.29) is 5.41 Å². The van der Waals surface area contributed by atoms with Crippen LogP contribution >= 0.6 is 0 Å². The van der Waals surface area contributed by atoms with Gasteiger partial charge in [0.05, 0.1) is 6.54 Å². The smallest absolute Gasteiger partial charge is 0.381 e. The fraction of sp³-hybridized carbons (Fsp3) is 1.00. The molecule has 0 aromatic carbocycles. The molecule has 0 aromatic heterocycles. The molecule has 1 saturated heterocycles. The van der Waals surface area contributed by atoms with Crippen molar-refractivity contribution in [3.8, 4) is 0 Å². The highest BCUT2D eigenvalue weighted by Crippen LogP contribution is 2.33. The average Bonchev–Trinajstić information content (AvgIpc) is 3.20. The molecule has 124 valence electrons. The highest BCUT2D eigenvalue weighted by molar-refractivity contribution is 4.91. The third kappa shape index (κ3) is 6.12.